The van der Waals surface area contributed by atoms with E-state index in [1.54, 1.807) is 0 Å². The molecule has 0 bridgehead atoms. The van der Waals surface area contributed by atoms with Crippen LogP contribution in [0.3, 0.4) is 0 Å². The summed E-state index contributed by atoms with van der Waals surface area (Å²) in [5.41, 5.74) is -0.688. The van der Waals surface area contributed by atoms with Gasteiger partial charge in [-0.2, -0.15) is 0 Å². The van der Waals surface area contributed by atoms with Gasteiger partial charge in [0.2, 0.25) is 5.91 Å². The maximum Gasteiger partial charge on any atom is 0.242 e. The Hall–Kier alpha value is -0.570. The van der Waals surface area contributed by atoms with Gasteiger partial charge in [-0.1, -0.05) is 27.7 Å². The molecule has 1 amide bonds. The van der Waals surface area contributed by atoms with Crippen LogP contribution in [-0.2, 0) is 4.79 Å². The third-order valence-corrected chi connectivity index (χ3v) is 6.12. The molecule has 0 aromatic rings. The van der Waals surface area contributed by atoms with Gasteiger partial charge >= 0.3 is 0 Å². The minimum atomic E-state index is -0.483. The molecule has 3 heteroatoms. The lowest BCUT2D eigenvalue weighted by molar-refractivity contribution is -0.145. The molecule has 0 aliphatic carbocycles. The van der Waals surface area contributed by atoms with E-state index in [2.05, 4.69) is 74.1 Å². The van der Waals surface area contributed by atoms with Crippen LogP contribution in [0.25, 0.3) is 0 Å². The number of hydrogen-bond acceptors (Lipinski definition) is 2. The largest absolute Gasteiger partial charge is 0.338 e. The Morgan fingerprint density at radius 2 is 1.38 bits per heavy atom. The highest BCUT2D eigenvalue weighted by molar-refractivity contribution is 5.86. The van der Waals surface area contributed by atoms with Crippen LogP contribution in [0.5, 0.6) is 0 Å². The van der Waals surface area contributed by atoms with Crippen LogP contribution in [0.1, 0.15) is 69.2 Å². The van der Waals surface area contributed by atoms with E-state index in [0.29, 0.717) is 18.0 Å². The molecule has 124 valence electrons. The van der Waals surface area contributed by atoms with Crippen LogP contribution in [0.4, 0.5) is 0 Å². The number of likely N-dealkylation sites (N-methyl/N-ethyl adjacent to an activating group) is 1. The number of nitrogens with zero attached hydrogens (tertiary/aromatic N) is 2. The highest BCUT2D eigenvalue weighted by Crippen LogP contribution is 2.48. The summed E-state index contributed by atoms with van der Waals surface area (Å²) < 4.78 is 0. The van der Waals surface area contributed by atoms with E-state index < -0.39 is 5.54 Å². The molecule has 1 aliphatic heterocycles. The highest BCUT2D eigenvalue weighted by Gasteiger charge is 2.58. The van der Waals surface area contributed by atoms with Gasteiger partial charge in [-0.05, 0) is 47.5 Å². The average molecular weight is 296 g/mol. The van der Waals surface area contributed by atoms with Gasteiger partial charge in [0.25, 0.3) is 0 Å². The molecule has 1 fully saturated rings. The summed E-state index contributed by atoms with van der Waals surface area (Å²) in [6.45, 7) is 22.2. The molecule has 1 aliphatic rings. The van der Waals surface area contributed by atoms with Gasteiger partial charge < -0.3 is 4.90 Å². The van der Waals surface area contributed by atoms with Crippen LogP contribution in [0, 0.1) is 11.3 Å². The lowest BCUT2D eigenvalue weighted by Crippen LogP contribution is -2.62. The first kappa shape index (κ1) is 18.5. The fraction of sp³-hybridized carbons (Fsp3) is 0.944. The summed E-state index contributed by atoms with van der Waals surface area (Å²) in [6.07, 6.45) is 0. The number of rotatable bonds is 2. The summed E-state index contributed by atoms with van der Waals surface area (Å²) in [6, 6.07) is 0.675. The van der Waals surface area contributed by atoms with E-state index >= 15 is 0 Å². The van der Waals surface area contributed by atoms with E-state index in [1.807, 2.05) is 11.9 Å². The lowest BCUT2D eigenvalue weighted by Gasteiger charge is -2.54. The summed E-state index contributed by atoms with van der Waals surface area (Å²) in [4.78, 5) is 17.6. The fourth-order valence-corrected chi connectivity index (χ4v) is 4.39. The maximum absolute atomic E-state index is 13.1. The van der Waals surface area contributed by atoms with Crippen LogP contribution >= 0.6 is 0 Å². The summed E-state index contributed by atoms with van der Waals surface area (Å²) in [7, 11) is 1.97. The summed E-state index contributed by atoms with van der Waals surface area (Å²) in [5, 5.41) is 0. The molecular formula is C18H36N2O. The number of carbonyl (C=O) groups excluding carboxylic acids is 1. The molecule has 1 rings (SSSR count). The number of amides is 1. The Labute approximate surface area is 132 Å². The topological polar surface area (TPSA) is 23.6 Å². The molecule has 1 atom stereocenters. The van der Waals surface area contributed by atoms with Crippen molar-refractivity contribution >= 4 is 5.91 Å². The van der Waals surface area contributed by atoms with E-state index in [1.165, 1.54) is 0 Å². The van der Waals surface area contributed by atoms with Crippen molar-refractivity contribution in [1.29, 1.82) is 0 Å². The first-order valence-electron chi connectivity index (χ1n) is 8.27. The molecular weight excluding hydrogens is 260 g/mol. The second-order valence-electron chi connectivity index (χ2n) is 8.89. The van der Waals surface area contributed by atoms with Crippen molar-refractivity contribution in [2.24, 2.45) is 11.3 Å². The van der Waals surface area contributed by atoms with Gasteiger partial charge in [0.05, 0.1) is 5.54 Å². The summed E-state index contributed by atoms with van der Waals surface area (Å²) in [5.74, 6) is 0.706. The normalized spacial score (nSPS) is 29.1. The Morgan fingerprint density at radius 1 is 0.952 bits per heavy atom. The Bertz CT molecular complexity index is 407. The van der Waals surface area contributed by atoms with Gasteiger partial charge in [0, 0.05) is 30.1 Å². The minimum Gasteiger partial charge on any atom is -0.338 e. The molecule has 1 unspecified atom stereocenters. The second-order valence-corrected chi connectivity index (χ2v) is 8.89. The van der Waals surface area contributed by atoms with Crippen molar-refractivity contribution in [1.82, 2.24) is 9.80 Å². The predicted molar refractivity (Wildman–Crippen MR) is 90.3 cm³/mol. The Morgan fingerprint density at radius 3 is 1.71 bits per heavy atom. The third-order valence-electron chi connectivity index (χ3n) is 6.12. The molecule has 1 saturated heterocycles. The Balaban J connectivity index is 3.67. The van der Waals surface area contributed by atoms with E-state index in [0.717, 1.165) is 0 Å². The van der Waals surface area contributed by atoms with Crippen molar-refractivity contribution in [3.8, 4) is 0 Å². The monoisotopic (exact) mass is 296 g/mol. The number of carbonyl (C=O) groups is 1. The molecule has 0 N–H and O–H groups in total. The van der Waals surface area contributed by atoms with Crippen molar-refractivity contribution in [3.63, 3.8) is 0 Å². The van der Waals surface area contributed by atoms with Crippen molar-refractivity contribution < 1.29 is 4.79 Å². The maximum atomic E-state index is 13.1. The van der Waals surface area contributed by atoms with E-state index in [-0.39, 0.29) is 16.9 Å². The van der Waals surface area contributed by atoms with Gasteiger partial charge in [-0.25, -0.2) is 0 Å². The van der Waals surface area contributed by atoms with Gasteiger partial charge in [-0.3, -0.25) is 9.69 Å². The highest BCUT2D eigenvalue weighted by atomic mass is 16.2. The molecule has 1 heterocycles. The zero-order valence-electron chi connectivity index (χ0n) is 16.0. The molecule has 0 saturated carbocycles. The fourth-order valence-electron chi connectivity index (χ4n) is 4.39. The predicted octanol–water partition coefficient (Wildman–Crippen LogP) is 3.78. The zero-order chi connectivity index (χ0) is 17.0. The third kappa shape index (κ3) is 2.52. The zero-order valence-corrected chi connectivity index (χ0v) is 16.0. The minimum absolute atomic E-state index is 0.0103. The quantitative estimate of drug-likeness (QED) is 0.774. The van der Waals surface area contributed by atoms with Crippen LogP contribution in [-0.4, -0.2) is 45.9 Å². The number of hydrogen-bond donors (Lipinski definition) is 0. The lowest BCUT2D eigenvalue weighted by atomic mass is 9.65. The van der Waals surface area contributed by atoms with Crippen molar-refractivity contribution in [3.05, 3.63) is 0 Å². The molecule has 0 aromatic heterocycles. The van der Waals surface area contributed by atoms with Gasteiger partial charge in [-0.15, -0.1) is 0 Å². The van der Waals surface area contributed by atoms with Crippen molar-refractivity contribution in [2.45, 2.75) is 92.4 Å². The first-order valence-corrected chi connectivity index (χ1v) is 8.27. The van der Waals surface area contributed by atoms with Crippen LogP contribution in [0.15, 0.2) is 0 Å². The standard InChI is InChI=1S/C18H36N2O/c1-12(2)14-16(5,6)18(9,10)19(11)15(21)17(7,8)20(14)13(3)4/h12-14H,1-11H3. The Kier molecular flexibility index (Phi) is 4.63. The summed E-state index contributed by atoms with van der Waals surface area (Å²) >= 11 is 0. The molecule has 0 spiro atoms. The van der Waals surface area contributed by atoms with Crippen LogP contribution < -0.4 is 0 Å². The SMILES string of the molecule is CC(C)C1N(C(C)C)C(C)(C)C(=O)N(C)C(C)(C)C1(C)C. The molecule has 3 nitrogen and oxygen atoms in total. The van der Waals surface area contributed by atoms with Gasteiger partial charge in [0.1, 0.15) is 0 Å². The second kappa shape index (κ2) is 5.26. The molecule has 0 radical (unpaired) electrons. The van der Waals surface area contributed by atoms with E-state index in [4.69, 9.17) is 0 Å². The first-order chi connectivity index (χ1) is 9.20. The van der Waals surface area contributed by atoms with E-state index in [9.17, 15) is 4.79 Å². The molecule has 0 aromatic carbocycles. The van der Waals surface area contributed by atoms with Crippen LogP contribution in [0.2, 0.25) is 0 Å². The smallest absolute Gasteiger partial charge is 0.242 e. The van der Waals surface area contributed by atoms with Crippen molar-refractivity contribution in [2.75, 3.05) is 7.05 Å². The molecule has 21 heavy (non-hydrogen) atoms. The van der Waals surface area contributed by atoms with Gasteiger partial charge in [0.15, 0.2) is 0 Å². The average Bonchev–Trinajstić information content (AvgIpc) is 2.33.